The molecule has 4 nitrogen and oxygen atoms in total. The summed E-state index contributed by atoms with van der Waals surface area (Å²) in [6, 6.07) is 8.51. The van der Waals surface area contributed by atoms with E-state index in [9.17, 15) is 5.11 Å². The Hall–Kier alpha value is -1.39. The summed E-state index contributed by atoms with van der Waals surface area (Å²) >= 11 is 0. The van der Waals surface area contributed by atoms with Crippen molar-refractivity contribution < 1.29 is 5.11 Å². The summed E-state index contributed by atoms with van der Waals surface area (Å²) in [5.74, 6) is 3.42. The minimum absolute atomic E-state index is 0.180. The molecule has 1 saturated heterocycles. The van der Waals surface area contributed by atoms with Crippen LogP contribution >= 0.6 is 0 Å². The third-order valence-electron chi connectivity index (χ3n) is 6.50. The third kappa shape index (κ3) is 2.47. The van der Waals surface area contributed by atoms with Gasteiger partial charge in [0.1, 0.15) is 5.82 Å². The highest BCUT2D eigenvalue weighted by Gasteiger charge is 2.43. The van der Waals surface area contributed by atoms with Gasteiger partial charge in [-0.2, -0.15) is 0 Å². The number of aliphatic hydroxyl groups is 1. The Bertz CT molecular complexity index is 750. The smallest absolute Gasteiger partial charge is 0.107 e. The van der Waals surface area contributed by atoms with E-state index in [-0.39, 0.29) is 12.1 Å². The van der Waals surface area contributed by atoms with E-state index in [4.69, 9.17) is 4.98 Å². The summed E-state index contributed by atoms with van der Waals surface area (Å²) in [6.07, 6.45) is 4.65. The van der Waals surface area contributed by atoms with Crippen molar-refractivity contribution in [1.29, 1.82) is 0 Å². The zero-order valence-corrected chi connectivity index (χ0v) is 14.4. The Balaban J connectivity index is 1.41. The van der Waals surface area contributed by atoms with E-state index in [1.54, 1.807) is 0 Å². The summed E-state index contributed by atoms with van der Waals surface area (Å²) in [5, 5.41) is 10.9. The molecular formula is C20H27N3O. The van der Waals surface area contributed by atoms with Crippen LogP contribution in [0.15, 0.2) is 24.3 Å². The van der Waals surface area contributed by atoms with Gasteiger partial charge < -0.3 is 14.6 Å². The molecular weight excluding hydrogens is 298 g/mol. The van der Waals surface area contributed by atoms with Crippen molar-refractivity contribution in [2.75, 3.05) is 19.6 Å². The maximum absolute atomic E-state index is 10.9. The fourth-order valence-electron chi connectivity index (χ4n) is 5.18. The largest absolute Gasteiger partial charge is 0.391 e. The van der Waals surface area contributed by atoms with Crippen LogP contribution in [0.5, 0.6) is 0 Å². The monoisotopic (exact) mass is 325 g/mol. The van der Waals surface area contributed by atoms with Crippen LogP contribution in [0.2, 0.25) is 0 Å². The van der Waals surface area contributed by atoms with Gasteiger partial charge in [0, 0.05) is 19.6 Å². The number of benzene rings is 1. The number of imidazole rings is 1. The van der Waals surface area contributed by atoms with Gasteiger partial charge in [0.05, 0.1) is 23.2 Å². The fraction of sp³-hybridized carbons (Fsp3) is 0.650. The van der Waals surface area contributed by atoms with Crippen LogP contribution in [0.25, 0.3) is 11.0 Å². The number of aromatic nitrogens is 2. The molecule has 2 saturated carbocycles. The van der Waals surface area contributed by atoms with Crippen LogP contribution in [-0.2, 0) is 0 Å². The lowest BCUT2D eigenvalue weighted by Gasteiger charge is -2.36. The second-order valence-corrected chi connectivity index (χ2v) is 8.31. The van der Waals surface area contributed by atoms with Crippen LogP contribution < -0.4 is 0 Å². The van der Waals surface area contributed by atoms with Crippen molar-refractivity contribution in [2.45, 2.75) is 44.8 Å². The predicted molar refractivity (Wildman–Crippen MR) is 94.9 cm³/mol. The van der Waals surface area contributed by atoms with Crippen molar-refractivity contribution in [2.24, 2.45) is 17.8 Å². The van der Waals surface area contributed by atoms with Gasteiger partial charge in [-0.25, -0.2) is 4.98 Å². The van der Waals surface area contributed by atoms with Gasteiger partial charge in [-0.3, -0.25) is 0 Å². The highest BCUT2D eigenvalue weighted by atomic mass is 16.3. The molecule has 3 fully saturated rings. The Morgan fingerprint density at radius 1 is 1.12 bits per heavy atom. The lowest BCUT2D eigenvalue weighted by Crippen LogP contribution is -2.36. The molecule has 1 aromatic heterocycles. The topological polar surface area (TPSA) is 41.3 Å². The van der Waals surface area contributed by atoms with Gasteiger partial charge in [0.2, 0.25) is 0 Å². The zero-order valence-electron chi connectivity index (χ0n) is 14.4. The number of para-hydroxylation sites is 2. The predicted octanol–water partition coefficient (Wildman–Crippen LogP) is 3.00. The molecule has 128 valence electrons. The van der Waals surface area contributed by atoms with E-state index in [1.807, 2.05) is 6.07 Å². The first kappa shape index (κ1) is 14.9. The standard InChI is InChI=1S/C20H27N3O/c1-13-21-17-4-2-3-5-18(17)23(13)19-8-15-11-22(10-14-6-7-14)12-16(15)9-20(19)24/h2-5,14-16,19-20,24H,6-12H2,1H3/t15-,16+,19-,20-/m0/s1. The number of fused-ring (bicyclic) bond motifs is 2. The van der Waals surface area contributed by atoms with Crippen molar-refractivity contribution in [3.63, 3.8) is 0 Å². The molecule has 4 heteroatoms. The molecule has 1 aliphatic heterocycles. The van der Waals surface area contributed by atoms with E-state index in [0.717, 1.165) is 36.0 Å². The summed E-state index contributed by atoms with van der Waals surface area (Å²) in [5.41, 5.74) is 2.22. The number of likely N-dealkylation sites (tertiary alicyclic amines) is 1. The number of aliphatic hydroxyl groups excluding tert-OH is 1. The van der Waals surface area contributed by atoms with Crippen LogP contribution in [0.4, 0.5) is 0 Å². The molecule has 0 radical (unpaired) electrons. The van der Waals surface area contributed by atoms with Crippen LogP contribution in [0.3, 0.4) is 0 Å². The number of hydrogen-bond donors (Lipinski definition) is 1. The van der Waals surface area contributed by atoms with Crippen molar-refractivity contribution in [3.8, 4) is 0 Å². The van der Waals surface area contributed by atoms with Gasteiger partial charge >= 0.3 is 0 Å². The van der Waals surface area contributed by atoms with Crippen LogP contribution in [0.1, 0.15) is 37.5 Å². The van der Waals surface area contributed by atoms with E-state index >= 15 is 0 Å². The first-order chi connectivity index (χ1) is 11.7. The molecule has 0 unspecified atom stereocenters. The van der Waals surface area contributed by atoms with E-state index < -0.39 is 0 Å². The van der Waals surface area contributed by atoms with Crippen LogP contribution in [-0.4, -0.2) is 45.3 Å². The third-order valence-corrected chi connectivity index (χ3v) is 6.50. The Kier molecular flexibility index (Phi) is 3.46. The van der Waals surface area contributed by atoms with Gasteiger partial charge in [-0.15, -0.1) is 0 Å². The van der Waals surface area contributed by atoms with Crippen molar-refractivity contribution >= 4 is 11.0 Å². The summed E-state index contributed by atoms with van der Waals surface area (Å²) in [4.78, 5) is 7.38. The molecule has 5 rings (SSSR count). The molecule has 0 spiro atoms. The Morgan fingerprint density at radius 3 is 2.67 bits per heavy atom. The maximum Gasteiger partial charge on any atom is 0.107 e. The summed E-state index contributed by atoms with van der Waals surface area (Å²) in [7, 11) is 0. The number of aryl methyl sites for hydroxylation is 1. The van der Waals surface area contributed by atoms with Gasteiger partial charge in [-0.05, 0) is 62.5 Å². The SMILES string of the molecule is Cc1nc2ccccc2n1[C@H]1C[C@H]2CN(CC3CC3)C[C@H]2C[C@@H]1O. The summed E-state index contributed by atoms with van der Waals surface area (Å²) < 4.78 is 2.31. The van der Waals surface area contributed by atoms with Gasteiger partial charge in [0.15, 0.2) is 0 Å². The normalized spacial score (nSPS) is 33.9. The summed E-state index contributed by atoms with van der Waals surface area (Å²) in [6.45, 7) is 5.80. The molecule has 1 aromatic carbocycles. The Morgan fingerprint density at radius 2 is 1.88 bits per heavy atom. The second-order valence-electron chi connectivity index (χ2n) is 8.31. The lowest BCUT2D eigenvalue weighted by molar-refractivity contribution is 0.0366. The van der Waals surface area contributed by atoms with Crippen molar-refractivity contribution in [1.82, 2.24) is 14.5 Å². The molecule has 0 bridgehead atoms. The molecule has 2 aliphatic carbocycles. The highest BCUT2D eigenvalue weighted by molar-refractivity contribution is 5.76. The average Bonchev–Trinajstić information content (AvgIpc) is 3.18. The first-order valence-electron chi connectivity index (χ1n) is 9.53. The number of hydrogen-bond acceptors (Lipinski definition) is 3. The van der Waals surface area contributed by atoms with Gasteiger partial charge in [-0.1, -0.05) is 12.1 Å². The molecule has 2 aromatic rings. The number of nitrogens with zero attached hydrogens (tertiary/aromatic N) is 3. The van der Waals surface area contributed by atoms with E-state index in [2.05, 4.69) is 34.6 Å². The lowest BCUT2D eigenvalue weighted by atomic mass is 9.77. The molecule has 2 heterocycles. The molecule has 3 aliphatic rings. The minimum Gasteiger partial charge on any atom is -0.391 e. The quantitative estimate of drug-likeness (QED) is 0.943. The minimum atomic E-state index is -0.247. The van der Waals surface area contributed by atoms with E-state index in [1.165, 1.54) is 38.0 Å². The second kappa shape index (κ2) is 5.57. The van der Waals surface area contributed by atoms with Crippen LogP contribution in [0, 0.1) is 24.7 Å². The van der Waals surface area contributed by atoms with E-state index in [0.29, 0.717) is 5.92 Å². The fourth-order valence-corrected chi connectivity index (χ4v) is 5.18. The average molecular weight is 325 g/mol. The first-order valence-corrected chi connectivity index (χ1v) is 9.53. The highest BCUT2D eigenvalue weighted by Crippen LogP contribution is 2.43. The van der Waals surface area contributed by atoms with Crippen molar-refractivity contribution in [3.05, 3.63) is 30.1 Å². The molecule has 24 heavy (non-hydrogen) atoms. The molecule has 0 amide bonds. The van der Waals surface area contributed by atoms with Gasteiger partial charge in [0.25, 0.3) is 0 Å². The molecule has 1 N–H and O–H groups in total. The zero-order chi connectivity index (χ0) is 16.3. The maximum atomic E-state index is 10.9. The number of rotatable bonds is 3. The molecule has 4 atom stereocenters. The Labute approximate surface area is 143 Å².